The predicted octanol–water partition coefficient (Wildman–Crippen LogP) is 4.55. The van der Waals surface area contributed by atoms with E-state index in [1.54, 1.807) is 0 Å². The zero-order chi connectivity index (χ0) is 19.9. The smallest absolute Gasteiger partial charge is 0.306 e. The third-order valence-corrected chi connectivity index (χ3v) is 4.91. The zero-order valence-electron chi connectivity index (χ0n) is 16.7. The van der Waals surface area contributed by atoms with Crippen LogP contribution in [0.2, 0.25) is 0 Å². The molecular weight excluding hydrogens is 328 g/mol. The van der Waals surface area contributed by atoms with E-state index in [9.17, 15) is 15.0 Å². The summed E-state index contributed by atoms with van der Waals surface area (Å²) in [5.41, 5.74) is 3.64. The molecule has 0 heterocycles. The Kier molecular flexibility index (Phi) is 8.51. The number of carbonyl (C=O) groups is 1. The molecule has 0 amide bonds. The molecular formula is C22H34O4. The second-order valence-corrected chi connectivity index (χ2v) is 7.98. The number of aliphatic hydroxyl groups is 2. The average Bonchev–Trinajstić information content (AvgIpc) is 2.44. The van der Waals surface area contributed by atoms with Gasteiger partial charge in [0.25, 0.3) is 0 Å². The minimum absolute atomic E-state index is 0.316. The van der Waals surface area contributed by atoms with Gasteiger partial charge in [-0.1, -0.05) is 47.9 Å². The summed E-state index contributed by atoms with van der Waals surface area (Å²) in [5.74, 6) is -1.02. The monoisotopic (exact) mass is 362 g/mol. The molecule has 3 N–H and O–H groups in total. The molecule has 0 aliphatic heterocycles. The van der Waals surface area contributed by atoms with E-state index in [4.69, 9.17) is 5.11 Å². The van der Waals surface area contributed by atoms with Crippen LogP contribution in [0.3, 0.4) is 0 Å². The number of rotatable bonds is 8. The van der Waals surface area contributed by atoms with Crippen molar-refractivity contribution in [2.24, 2.45) is 5.41 Å². The number of aliphatic carboxylic acids is 1. The number of allylic oxidation sites excluding steroid dienone is 6. The molecule has 0 radical (unpaired) electrons. The average molecular weight is 363 g/mol. The summed E-state index contributed by atoms with van der Waals surface area (Å²) in [6.07, 6.45) is 9.36. The highest BCUT2D eigenvalue weighted by atomic mass is 16.4. The van der Waals surface area contributed by atoms with E-state index in [2.05, 4.69) is 32.9 Å². The maximum atomic E-state index is 11.0. The van der Waals surface area contributed by atoms with Gasteiger partial charge in [-0.15, -0.1) is 0 Å². The van der Waals surface area contributed by atoms with Crippen LogP contribution in [-0.4, -0.2) is 33.5 Å². The molecule has 0 aromatic heterocycles. The lowest BCUT2D eigenvalue weighted by Crippen LogP contribution is -2.36. The molecule has 0 fully saturated rings. The SMILES string of the molecule is CC(C)=CCCC(C)=CC=CC1(C)CC(O)CC(C)=C1C(O)CC(=O)O. The van der Waals surface area contributed by atoms with Crippen molar-refractivity contribution in [2.45, 2.75) is 78.9 Å². The van der Waals surface area contributed by atoms with E-state index in [0.29, 0.717) is 12.8 Å². The Bertz CT molecular complexity index is 620. The third kappa shape index (κ3) is 6.93. The van der Waals surface area contributed by atoms with E-state index in [-0.39, 0.29) is 6.42 Å². The van der Waals surface area contributed by atoms with Crippen LogP contribution in [0.25, 0.3) is 0 Å². The summed E-state index contributed by atoms with van der Waals surface area (Å²) in [4.78, 5) is 11.0. The van der Waals surface area contributed by atoms with Gasteiger partial charge in [-0.05, 0) is 59.0 Å². The fraction of sp³-hybridized carbons (Fsp3) is 0.591. The molecule has 0 bridgehead atoms. The molecule has 4 heteroatoms. The maximum absolute atomic E-state index is 11.0. The van der Waals surface area contributed by atoms with Crippen LogP contribution in [0, 0.1) is 5.41 Å². The van der Waals surface area contributed by atoms with E-state index < -0.39 is 23.6 Å². The molecule has 0 saturated carbocycles. The van der Waals surface area contributed by atoms with Crippen molar-refractivity contribution in [3.63, 3.8) is 0 Å². The summed E-state index contributed by atoms with van der Waals surface area (Å²) in [5, 5.41) is 29.7. The van der Waals surface area contributed by atoms with E-state index in [0.717, 1.165) is 24.0 Å². The van der Waals surface area contributed by atoms with Gasteiger partial charge in [0.2, 0.25) is 0 Å². The molecule has 0 aromatic carbocycles. The molecule has 3 unspecified atom stereocenters. The van der Waals surface area contributed by atoms with Crippen molar-refractivity contribution < 1.29 is 20.1 Å². The summed E-state index contributed by atoms with van der Waals surface area (Å²) in [6, 6.07) is 0. The zero-order valence-corrected chi connectivity index (χ0v) is 16.7. The quantitative estimate of drug-likeness (QED) is 0.437. The minimum Gasteiger partial charge on any atom is -0.481 e. The van der Waals surface area contributed by atoms with Crippen LogP contribution >= 0.6 is 0 Å². The van der Waals surface area contributed by atoms with E-state index in [1.807, 2.05) is 26.0 Å². The van der Waals surface area contributed by atoms with Crippen molar-refractivity contribution in [1.29, 1.82) is 0 Å². The van der Waals surface area contributed by atoms with Crippen LogP contribution in [-0.2, 0) is 4.79 Å². The van der Waals surface area contributed by atoms with Crippen LogP contribution in [0.4, 0.5) is 0 Å². The molecule has 4 nitrogen and oxygen atoms in total. The molecule has 26 heavy (non-hydrogen) atoms. The molecule has 1 aliphatic carbocycles. The number of carboxylic acid groups (broad SMARTS) is 1. The van der Waals surface area contributed by atoms with Crippen molar-refractivity contribution in [3.8, 4) is 0 Å². The first kappa shape index (κ1) is 22.4. The van der Waals surface area contributed by atoms with Crippen molar-refractivity contribution >= 4 is 5.97 Å². The molecule has 1 rings (SSSR count). The molecule has 0 aromatic rings. The summed E-state index contributed by atoms with van der Waals surface area (Å²) in [7, 11) is 0. The predicted molar refractivity (Wildman–Crippen MR) is 106 cm³/mol. The third-order valence-electron chi connectivity index (χ3n) is 4.91. The largest absolute Gasteiger partial charge is 0.481 e. The van der Waals surface area contributed by atoms with E-state index in [1.165, 1.54) is 11.1 Å². The topological polar surface area (TPSA) is 77.8 Å². The first-order chi connectivity index (χ1) is 12.0. The lowest BCUT2D eigenvalue weighted by Gasteiger charge is -2.39. The van der Waals surface area contributed by atoms with Gasteiger partial charge in [-0.2, -0.15) is 0 Å². The fourth-order valence-electron chi connectivity index (χ4n) is 3.81. The molecule has 1 aliphatic rings. The Hall–Kier alpha value is -1.65. The van der Waals surface area contributed by atoms with E-state index >= 15 is 0 Å². The second-order valence-electron chi connectivity index (χ2n) is 7.98. The van der Waals surface area contributed by atoms with Gasteiger partial charge in [0.05, 0.1) is 18.6 Å². The Morgan fingerprint density at radius 3 is 2.58 bits per heavy atom. The van der Waals surface area contributed by atoms with Crippen molar-refractivity contribution in [3.05, 3.63) is 46.6 Å². The number of hydrogen-bond donors (Lipinski definition) is 3. The van der Waals surface area contributed by atoms with Gasteiger partial charge in [-0.25, -0.2) is 0 Å². The number of aliphatic hydroxyl groups excluding tert-OH is 2. The van der Waals surface area contributed by atoms with Crippen LogP contribution < -0.4 is 0 Å². The van der Waals surface area contributed by atoms with Gasteiger partial charge in [-0.3, -0.25) is 4.79 Å². The standard InChI is InChI=1S/C22H34O4/c1-15(2)8-6-9-16(3)10-7-11-22(5)14-18(23)12-17(4)21(22)19(24)13-20(25)26/h7-8,10-11,18-19,23-24H,6,9,12-14H2,1-5H3,(H,25,26). The lowest BCUT2D eigenvalue weighted by atomic mass is 9.67. The normalized spacial score (nSPS) is 25.5. The highest BCUT2D eigenvalue weighted by molar-refractivity contribution is 5.68. The number of hydrogen-bond acceptors (Lipinski definition) is 3. The Morgan fingerprint density at radius 1 is 1.35 bits per heavy atom. The number of carboxylic acids is 1. The summed E-state index contributed by atoms with van der Waals surface area (Å²) >= 11 is 0. The minimum atomic E-state index is -1.03. The maximum Gasteiger partial charge on any atom is 0.306 e. The van der Waals surface area contributed by atoms with Crippen molar-refractivity contribution in [2.75, 3.05) is 0 Å². The second kappa shape index (κ2) is 9.89. The molecule has 3 atom stereocenters. The highest BCUT2D eigenvalue weighted by Gasteiger charge is 2.38. The Balaban J connectivity index is 2.99. The first-order valence-electron chi connectivity index (χ1n) is 9.31. The van der Waals surface area contributed by atoms with Crippen LogP contribution in [0.5, 0.6) is 0 Å². The Labute approximate surface area is 157 Å². The van der Waals surface area contributed by atoms with Gasteiger partial charge in [0, 0.05) is 5.41 Å². The van der Waals surface area contributed by atoms with Gasteiger partial charge in [0.15, 0.2) is 0 Å². The highest BCUT2D eigenvalue weighted by Crippen LogP contribution is 2.44. The first-order valence-corrected chi connectivity index (χ1v) is 9.31. The Morgan fingerprint density at radius 2 is 2.00 bits per heavy atom. The molecule has 0 saturated heterocycles. The van der Waals surface area contributed by atoms with Crippen LogP contribution in [0.15, 0.2) is 46.6 Å². The van der Waals surface area contributed by atoms with Gasteiger partial charge >= 0.3 is 5.97 Å². The molecule has 146 valence electrons. The van der Waals surface area contributed by atoms with Gasteiger partial charge in [0.1, 0.15) is 0 Å². The van der Waals surface area contributed by atoms with Crippen LogP contribution in [0.1, 0.15) is 66.7 Å². The van der Waals surface area contributed by atoms with Crippen molar-refractivity contribution in [1.82, 2.24) is 0 Å². The van der Waals surface area contributed by atoms with Gasteiger partial charge < -0.3 is 15.3 Å². The lowest BCUT2D eigenvalue weighted by molar-refractivity contribution is -0.138. The fourth-order valence-corrected chi connectivity index (χ4v) is 3.81. The molecule has 0 spiro atoms. The summed E-state index contributed by atoms with van der Waals surface area (Å²) in [6.45, 7) is 10.1. The summed E-state index contributed by atoms with van der Waals surface area (Å²) < 4.78 is 0.